The van der Waals surface area contributed by atoms with E-state index < -0.39 is 0 Å². The average Bonchev–Trinajstić information content (AvgIpc) is 2.68. The highest BCUT2D eigenvalue weighted by Crippen LogP contribution is 2.37. The zero-order chi connectivity index (χ0) is 16.4. The summed E-state index contributed by atoms with van der Waals surface area (Å²) in [5.41, 5.74) is 4.48. The monoisotopic (exact) mass is 313 g/mol. The predicted molar refractivity (Wildman–Crippen MR) is 99.6 cm³/mol. The van der Waals surface area contributed by atoms with E-state index >= 15 is 0 Å². The Balaban J connectivity index is 1.73. The Morgan fingerprint density at radius 1 is 0.792 bits per heavy atom. The van der Waals surface area contributed by atoms with E-state index in [9.17, 15) is 5.21 Å². The Hall–Kier alpha value is -2.87. The molecule has 4 rings (SSSR count). The fraction of sp³-hybridized carbons (Fsp3) is 0.136. The van der Waals surface area contributed by atoms with E-state index in [2.05, 4.69) is 71.9 Å². The second kappa shape index (κ2) is 6.32. The van der Waals surface area contributed by atoms with Gasteiger partial charge in [0.2, 0.25) is 0 Å². The third-order valence-electron chi connectivity index (χ3n) is 4.78. The topological polar surface area (TPSA) is 32.6 Å². The molecule has 0 amide bonds. The largest absolute Gasteiger partial charge is 0.411 e. The molecule has 0 aromatic heterocycles. The number of rotatable bonds is 2. The summed E-state index contributed by atoms with van der Waals surface area (Å²) in [5, 5.41) is 15.3. The summed E-state index contributed by atoms with van der Waals surface area (Å²) >= 11 is 0. The number of oxime groups is 1. The van der Waals surface area contributed by atoms with E-state index in [1.54, 1.807) is 0 Å². The minimum Gasteiger partial charge on any atom is -0.411 e. The molecule has 0 bridgehead atoms. The predicted octanol–water partition coefficient (Wildman–Crippen LogP) is 5.63. The molecular weight excluding hydrogens is 294 g/mol. The van der Waals surface area contributed by atoms with Gasteiger partial charge in [0.15, 0.2) is 0 Å². The van der Waals surface area contributed by atoms with Crippen LogP contribution in [0.25, 0.3) is 16.3 Å². The fourth-order valence-electron chi connectivity index (χ4n) is 3.53. The molecule has 0 radical (unpaired) electrons. The van der Waals surface area contributed by atoms with Crippen LogP contribution in [0.5, 0.6) is 0 Å². The van der Waals surface area contributed by atoms with Gasteiger partial charge in [0.05, 0.1) is 5.71 Å². The Bertz CT molecular complexity index is 925. The van der Waals surface area contributed by atoms with Crippen molar-refractivity contribution in [1.82, 2.24) is 0 Å². The van der Waals surface area contributed by atoms with Gasteiger partial charge < -0.3 is 5.21 Å². The van der Waals surface area contributed by atoms with Gasteiger partial charge in [-0.3, -0.25) is 0 Å². The first-order chi connectivity index (χ1) is 11.8. The summed E-state index contributed by atoms with van der Waals surface area (Å²) in [6.45, 7) is 0. The molecule has 0 saturated heterocycles. The average molecular weight is 313 g/mol. The van der Waals surface area contributed by atoms with Gasteiger partial charge >= 0.3 is 0 Å². The van der Waals surface area contributed by atoms with Crippen molar-refractivity contribution in [1.29, 1.82) is 0 Å². The van der Waals surface area contributed by atoms with Crippen LogP contribution in [0.2, 0.25) is 0 Å². The standard InChI is InChI=1S/C22H19NO/c24-23-22-14-20(16-6-2-1-3-7-16)13-21(15-22)19-11-10-17-8-4-5-9-18(17)12-19/h1-12,15,20,24H,13-14H2/b23-22-. The van der Waals surface area contributed by atoms with E-state index in [-0.39, 0.29) is 0 Å². The van der Waals surface area contributed by atoms with Crippen molar-refractivity contribution in [3.05, 3.63) is 90.0 Å². The zero-order valence-electron chi connectivity index (χ0n) is 13.4. The lowest BCUT2D eigenvalue weighted by Gasteiger charge is -2.24. The van der Waals surface area contributed by atoms with Gasteiger partial charge in [0.1, 0.15) is 0 Å². The number of nitrogens with zero attached hydrogens (tertiary/aromatic N) is 1. The van der Waals surface area contributed by atoms with Crippen LogP contribution in [0.3, 0.4) is 0 Å². The minimum atomic E-state index is 0.351. The van der Waals surface area contributed by atoms with Gasteiger partial charge in [-0.1, -0.05) is 71.9 Å². The van der Waals surface area contributed by atoms with Crippen molar-refractivity contribution < 1.29 is 5.21 Å². The van der Waals surface area contributed by atoms with Crippen LogP contribution >= 0.6 is 0 Å². The van der Waals surface area contributed by atoms with E-state index in [0.717, 1.165) is 18.6 Å². The molecule has 0 spiro atoms. The summed E-state index contributed by atoms with van der Waals surface area (Å²) in [5.74, 6) is 0.351. The molecule has 0 heterocycles. The lowest BCUT2D eigenvalue weighted by molar-refractivity contribution is 0.317. The van der Waals surface area contributed by atoms with E-state index in [0.29, 0.717) is 5.92 Å². The van der Waals surface area contributed by atoms with Crippen LogP contribution in [0.4, 0.5) is 0 Å². The quantitative estimate of drug-likeness (QED) is 0.482. The van der Waals surface area contributed by atoms with Crippen LogP contribution in [-0.2, 0) is 0 Å². The number of hydrogen-bond acceptors (Lipinski definition) is 2. The maximum atomic E-state index is 9.34. The molecule has 0 aliphatic heterocycles. The number of allylic oxidation sites excluding steroid dienone is 2. The Labute approximate surface area is 141 Å². The second-order valence-corrected chi connectivity index (χ2v) is 6.34. The summed E-state index contributed by atoms with van der Waals surface area (Å²) in [4.78, 5) is 0. The van der Waals surface area contributed by atoms with Crippen molar-refractivity contribution in [3.63, 3.8) is 0 Å². The first-order valence-corrected chi connectivity index (χ1v) is 8.29. The smallest absolute Gasteiger partial charge is 0.0804 e. The normalized spacial score (nSPS) is 19.4. The van der Waals surface area contributed by atoms with Crippen molar-refractivity contribution in [2.24, 2.45) is 5.16 Å². The third kappa shape index (κ3) is 2.83. The molecule has 24 heavy (non-hydrogen) atoms. The van der Waals surface area contributed by atoms with Crippen molar-refractivity contribution in [2.75, 3.05) is 0 Å². The van der Waals surface area contributed by atoms with Crippen LogP contribution < -0.4 is 0 Å². The van der Waals surface area contributed by atoms with Crippen molar-refractivity contribution in [2.45, 2.75) is 18.8 Å². The van der Waals surface area contributed by atoms with Gasteiger partial charge in [-0.05, 0) is 52.0 Å². The first kappa shape index (κ1) is 14.7. The minimum absolute atomic E-state index is 0.351. The molecule has 1 aliphatic rings. The third-order valence-corrected chi connectivity index (χ3v) is 4.78. The molecular formula is C22H19NO. The first-order valence-electron chi connectivity index (χ1n) is 8.29. The molecule has 0 saturated carbocycles. The Kier molecular flexibility index (Phi) is 3.87. The Morgan fingerprint density at radius 3 is 2.33 bits per heavy atom. The van der Waals surface area contributed by atoms with Gasteiger partial charge in [-0.2, -0.15) is 0 Å². The maximum absolute atomic E-state index is 9.34. The molecule has 0 fully saturated rings. The molecule has 1 atom stereocenters. The summed E-state index contributed by atoms with van der Waals surface area (Å²) in [7, 11) is 0. The molecule has 1 N–H and O–H groups in total. The Morgan fingerprint density at radius 2 is 1.54 bits per heavy atom. The van der Waals surface area contributed by atoms with Crippen molar-refractivity contribution in [3.8, 4) is 0 Å². The van der Waals surface area contributed by atoms with E-state index in [4.69, 9.17) is 0 Å². The SMILES string of the molecule is O/N=C1\C=C(c2ccc3ccccc3c2)CC(c2ccccc2)C1. The van der Waals surface area contributed by atoms with Crippen LogP contribution in [-0.4, -0.2) is 10.9 Å². The molecule has 118 valence electrons. The molecule has 3 aromatic rings. The number of fused-ring (bicyclic) bond motifs is 1. The highest BCUT2D eigenvalue weighted by molar-refractivity contribution is 6.03. The highest BCUT2D eigenvalue weighted by atomic mass is 16.4. The van der Waals surface area contributed by atoms with Crippen LogP contribution in [0.15, 0.2) is 84.0 Å². The van der Waals surface area contributed by atoms with Crippen LogP contribution in [0, 0.1) is 0 Å². The molecule has 2 heteroatoms. The summed E-state index contributed by atoms with van der Waals surface area (Å²) in [6.07, 6.45) is 3.77. The van der Waals surface area contributed by atoms with Crippen LogP contribution in [0.1, 0.15) is 29.9 Å². The highest BCUT2D eigenvalue weighted by Gasteiger charge is 2.22. The lowest BCUT2D eigenvalue weighted by Crippen LogP contribution is -2.12. The number of hydrogen-bond donors (Lipinski definition) is 1. The summed E-state index contributed by atoms with van der Waals surface area (Å²) < 4.78 is 0. The van der Waals surface area contributed by atoms with Gasteiger partial charge in [-0.25, -0.2) is 0 Å². The second-order valence-electron chi connectivity index (χ2n) is 6.34. The summed E-state index contributed by atoms with van der Waals surface area (Å²) in [6, 6.07) is 25.4. The molecule has 1 aliphatic carbocycles. The molecule has 3 aromatic carbocycles. The fourth-order valence-corrected chi connectivity index (χ4v) is 3.53. The number of benzene rings is 3. The lowest BCUT2D eigenvalue weighted by atomic mass is 9.80. The maximum Gasteiger partial charge on any atom is 0.0804 e. The van der Waals surface area contributed by atoms with E-state index in [1.165, 1.54) is 27.5 Å². The zero-order valence-corrected chi connectivity index (χ0v) is 13.4. The van der Waals surface area contributed by atoms with Gasteiger partial charge in [-0.15, -0.1) is 0 Å². The molecule has 1 unspecified atom stereocenters. The molecule has 2 nitrogen and oxygen atoms in total. The van der Waals surface area contributed by atoms with Crippen molar-refractivity contribution >= 4 is 22.1 Å². The van der Waals surface area contributed by atoms with Gasteiger partial charge in [0.25, 0.3) is 0 Å². The van der Waals surface area contributed by atoms with E-state index in [1.807, 2.05) is 12.1 Å². The van der Waals surface area contributed by atoms with Gasteiger partial charge in [0, 0.05) is 6.42 Å².